The zero-order chi connectivity index (χ0) is 11.4. The van der Waals surface area contributed by atoms with Crippen LogP contribution in [0.15, 0.2) is 18.2 Å². The minimum atomic E-state index is 0.339. The molecule has 0 spiro atoms. The van der Waals surface area contributed by atoms with Crippen molar-refractivity contribution in [2.45, 2.75) is 31.8 Å². The molecule has 1 aromatic carbocycles. The fraction of sp³-hybridized carbons (Fsp3) is 0.429. The summed E-state index contributed by atoms with van der Waals surface area (Å²) in [5.74, 6) is 4.11. The maximum Gasteiger partial charge on any atom is 0.161 e. The van der Waals surface area contributed by atoms with Gasteiger partial charge >= 0.3 is 0 Å². The smallest absolute Gasteiger partial charge is 0.161 e. The Hall–Kier alpha value is -1.62. The summed E-state index contributed by atoms with van der Waals surface area (Å²) < 4.78 is 11.2. The topological polar surface area (TPSA) is 18.5 Å². The van der Waals surface area contributed by atoms with Gasteiger partial charge in [-0.2, -0.15) is 0 Å². The van der Waals surface area contributed by atoms with Crippen LogP contribution in [-0.2, 0) is 0 Å². The zero-order valence-corrected chi connectivity index (χ0v) is 9.53. The van der Waals surface area contributed by atoms with Crippen LogP contribution in [-0.4, -0.2) is 13.2 Å². The highest BCUT2D eigenvalue weighted by molar-refractivity contribution is 5.47. The second-order valence-electron chi connectivity index (χ2n) is 4.03. The van der Waals surface area contributed by atoms with Gasteiger partial charge in [-0.15, -0.1) is 6.42 Å². The fourth-order valence-corrected chi connectivity index (χ4v) is 2.04. The summed E-state index contributed by atoms with van der Waals surface area (Å²) in [6.45, 7) is 0. The molecule has 84 valence electrons. The zero-order valence-electron chi connectivity index (χ0n) is 9.53. The number of hydrogen-bond donors (Lipinski definition) is 0. The minimum Gasteiger partial charge on any atom is -0.493 e. The highest BCUT2D eigenvalue weighted by atomic mass is 16.5. The Morgan fingerprint density at radius 2 is 2.00 bits per heavy atom. The van der Waals surface area contributed by atoms with Crippen molar-refractivity contribution in [2.75, 3.05) is 7.11 Å². The standard InChI is InChI=1S/C14H16O2/c1-3-11-8-9-13(14(10-11)15-2)16-12-6-4-5-7-12/h1,8-10,12H,4-7H2,2H3. The van der Waals surface area contributed by atoms with Gasteiger partial charge < -0.3 is 9.47 Å². The molecule has 0 amide bonds. The van der Waals surface area contributed by atoms with Crippen LogP contribution in [0.3, 0.4) is 0 Å². The first kappa shape index (κ1) is 10.9. The van der Waals surface area contributed by atoms with Crippen LogP contribution in [0, 0.1) is 12.3 Å². The van der Waals surface area contributed by atoms with E-state index in [4.69, 9.17) is 15.9 Å². The first-order valence-corrected chi connectivity index (χ1v) is 5.65. The molecule has 1 aliphatic carbocycles. The highest BCUT2D eigenvalue weighted by Gasteiger charge is 2.18. The first-order chi connectivity index (χ1) is 7.83. The molecule has 2 nitrogen and oxygen atoms in total. The lowest BCUT2D eigenvalue weighted by atomic mass is 10.2. The van der Waals surface area contributed by atoms with Gasteiger partial charge in [-0.05, 0) is 43.9 Å². The molecule has 1 fully saturated rings. The van der Waals surface area contributed by atoms with Crippen molar-refractivity contribution in [1.29, 1.82) is 0 Å². The lowest BCUT2D eigenvalue weighted by Crippen LogP contribution is -2.11. The van der Waals surface area contributed by atoms with Crippen molar-refractivity contribution >= 4 is 0 Å². The summed E-state index contributed by atoms with van der Waals surface area (Å²) in [5, 5.41) is 0. The molecule has 0 atom stereocenters. The van der Waals surface area contributed by atoms with E-state index in [1.807, 2.05) is 18.2 Å². The van der Waals surface area contributed by atoms with E-state index >= 15 is 0 Å². The molecule has 0 bridgehead atoms. The maximum atomic E-state index is 5.90. The Morgan fingerprint density at radius 3 is 2.62 bits per heavy atom. The lowest BCUT2D eigenvalue weighted by molar-refractivity contribution is 0.201. The summed E-state index contributed by atoms with van der Waals surface area (Å²) in [6.07, 6.45) is 10.5. The van der Waals surface area contributed by atoms with Crippen molar-refractivity contribution in [1.82, 2.24) is 0 Å². The molecular weight excluding hydrogens is 200 g/mol. The van der Waals surface area contributed by atoms with E-state index in [0.29, 0.717) is 6.10 Å². The molecule has 0 saturated heterocycles. The Labute approximate surface area is 96.6 Å². The van der Waals surface area contributed by atoms with E-state index in [1.165, 1.54) is 12.8 Å². The Bertz CT molecular complexity index is 398. The number of terminal acetylenes is 1. The normalized spacial score (nSPS) is 15.8. The molecule has 2 rings (SSSR count). The van der Waals surface area contributed by atoms with Gasteiger partial charge in [-0.1, -0.05) is 5.92 Å². The molecule has 1 saturated carbocycles. The van der Waals surface area contributed by atoms with Crippen LogP contribution >= 0.6 is 0 Å². The van der Waals surface area contributed by atoms with Gasteiger partial charge in [0.05, 0.1) is 13.2 Å². The molecular formula is C14H16O2. The molecule has 0 aromatic heterocycles. The second-order valence-corrected chi connectivity index (χ2v) is 4.03. The second kappa shape index (κ2) is 4.94. The van der Waals surface area contributed by atoms with E-state index in [-0.39, 0.29) is 0 Å². The number of benzene rings is 1. The number of rotatable bonds is 3. The number of hydrogen-bond acceptors (Lipinski definition) is 2. The summed E-state index contributed by atoms with van der Waals surface area (Å²) >= 11 is 0. The molecule has 0 unspecified atom stereocenters. The van der Waals surface area contributed by atoms with Gasteiger partial charge in [-0.3, -0.25) is 0 Å². The predicted octanol–water partition coefficient (Wildman–Crippen LogP) is 3.00. The van der Waals surface area contributed by atoms with Crippen LogP contribution in [0.1, 0.15) is 31.2 Å². The molecule has 1 aromatic rings. The molecule has 16 heavy (non-hydrogen) atoms. The first-order valence-electron chi connectivity index (χ1n) is 5.65. The SMILES string of the molecule is C#Cc1ccc(OC2CCCC2)c(OC)c1. The van der Waals surface area contributed by atoms with Gasteiger partial charge in [0, 0.05) is 5.56 Å². The highest BCUT2D eigenvalue weighted by Crippen LogP contribution is 2.32. The molecule has 1 aliphatic rings. The van der Waals surface area contributed by atoms with Crippen molar-refractivity contribution in [3.8, 4) is 23.8 Å². The van der Waals surface area contributed by atoms with Gasteiger partial charge in [-0.25, -0.2) is 0 Å². The third kappa shape index (κ3) is 2.30. The third-order valence-electron chi connectivity index (χ3n) is 2.93. The Kier molecular flexibility index (Phi) is 3.36. The molecule has 0 aliphatic heterocycles. The summed E-state index contributed by atoms with van der Waals surface area (Å²) in [5.41, 5.74) is 0.815. The monoisotopic (exact) mass is 216 g/mol. The maximum absolute atomic E-state index is 5.90. The Morgan fingerprint density at radius 1 is 1.25 bits per heavy atom. The molecule has 0 heterocycles. The van der Waals surface area contributed by atoms with Gasteiger partial charge in [0.25, 0.3) is 0 Å². The van der Waals surface area contributed by atoms with Crippen LogP contribution in [0.5, 0.6) is 11.5 Å². The van der Waals surface area contributed by atoms with Gasteiger partial charge in [0.1, 0.15) is 0 Å². The quantitative estimate of drug-likeness (QED) is 0.723. The molecule has 0 radical (unpaired) electrons. The summed E-state index contributed by atoms with van der Waals surface area (Å²) in [6, 6.07) is 5.61. The van der Waals surface area contributed by atoms with Crippen LogP contribution < -0.4 is 9.47 Å². The van der Waals surface area contributed by atoms with Gasteiger partial charge in [0.2, 0.25) is 0 Å². The van der Waals surface area contributed by atoms with E-state index in [2.05, 4.69) is 5.92 Å². The fourth-order valence-electron chi connectivity index (χ4n) is 2.04. The van der Waals surface area contributed by atoms with Crippen molar-refractivity contribution in [3.05, 3.63) is 23.8 Å². The molecule has 0 N–H and O–H groups in total. The predicted molar refractivity (Wildman–Crippen MR) is 63.8 cm³/mol. The van der Waals surface area contributed by atoms with Crippen LogP contribution in [0.25, 0.3) is 0 Å². The van der Waals surface area contributed by atoms with Crippen molar-refractivity contribution < 1.29 is 9.47 Å². The Balaban J connectivity index is 2.16. The van der Waals surface area contributed by atoms with Crippen molar-refractivity contribution in [3.63, 3.8) is 0 Å². The number of methoxy groups -OCH3 is 1. The van der Waals surface area contributed by atoms with E-state index < -0.39 is 0 Å². The van der Waals surface area contributed by atoms with E-state index in [9.17, 15) is 0 Å². The number of ether oxygens (including phenoxy) is 2. The largest absolute Gasteiger partial charge is 0.493 e. The minimum absolute atomic E-state index is 0.339. The lowest BCUT2D eigenvalue weighted by Gasteiger charge is -2.15. The molecule has 2 heteroatoms. The average molecular weight is 216 g/mol. The summed E-state index contributed by atoms with van der Waals surface area (Å²) in [4.78, 5) is 0. The van der Waals surface area contributed by atoms with E-state index in [1.54, 1.807) is 7.11 Å². The van der Waals surface area contributed by atoms with Crippen LogP contribution in [0.2, 0.25) is 0 Å². The van der Waals surface area contributed by atoms with E-state index in [0.717, 1.165) is 29.9 Å². The summed E-state index contributed by atoms with van der Waals surface area (Å²) in [7, 11) is 1.64. The van der Waals surface area contributed by atoms with Crippen molar-refractivity contribution in [2.24, 2.45) is 0 Å². The van der Waals surface area contributed by atoms with Crippen LogP contribution in [0.4, 0.5) is 0 Å². The average Bonchev–Trinajstić information content (AvgIpc) is 2.82. The van der Waals surface area contributed by atoms with Gasteiger partial charge in [0.15, 0.2) is 11.5 Å². The third-order valence-corrected chi connectivity index (χ3v) is 2.93.